The summed E-state index contributed by atoms with van der Waals surface area (Å²) < 4.78 is 39.3. The first-order valence-electron chi connectivity index (χ1n) is 11.5. The number of aromatic nitrogens is 2. The van der Waals surface area contributed by atoms with Gasteiger partial charge in [0.05, 0.1) is 6.20 Å². The summed E-state index contributed by atoms with van der Waals surface area (Å²) in [5.74, 6) is 4.42. The average molecular weight is 473 g/mol. The summed E-state index contributed by atoms with van der Waals surface area (Å²) in [5.41, 5.74) is 9.01. The minimum absolute atomic E-state index is 0.00222. The summed E-state index contributed by atoms with van der Waals surface area (Å²) in [7, 11) is 1.63. The second kappa shape index (κ2) is 8.14. The Morgan fingerprint density at radius 3 is 2.65 bits per heavy atom. The van der Waals surface area contributed by atoms with Crippen LogP contribution in [-0.2, 0) is 13.5 Å². The Morgan fingerprint density at radius 1 is 1.26 bits per heavy atom. The maximum Gasteiger partial charge on any atom is 0.414 e. The molecule has 1 aromatic carbocycles. The van der Waals surface area contributed by atoms with Crippen molar-refractivity contribution in [3.8, 4) is 11.8 Å². The van der Waals surface area contributed by atoms with Crippen LogP contribution in [0.2, 0.25) is 0 Å². The number of halogens is 3. The zero-order valence-electron chi connectivity index (χ0n) is 18.8. The van der Waals surface area contributed by atoms with Crippen molar-refractivity contribution in [3.63, 3.8) is 0 Å². The largest absolute Gasteiger partial charge is 0.414 e. The minimum Gasteiger partial charge on any atom is -0.383 e. The van der Waals surface area contributed by atoms with Gasteiger partial charge in [-0.25, -0.2) is 4.98 Å². The van der Waals surface area contributed by atoms with Gasteiger partial charge in [-0.2, -0.15) is 13.2 Å². The molecule has 2 aliphatic carbocycles. The Hall–Kier alpha value is -2.83. The second-order valence-corrected chi connectivity index (χ2v) is 9.80. The molecule has 0 amide bonds. The van der Waals surface area contributed by atoms with Crippen molar-refractivity contribution in [2.75, 3.05) is 18.0 Å². The monoisotopic (exact) mass is 472 g/mol. The van der Waals surface area contributed by atoms with Crippen LogP contribution in [0.1, 0.15) is 42.0 Å². The lowest BCUT2D eigenvalue weighted by Crippen LogP contribution is -2.46. The Balaban J connectivity index is 1.27. The van der Waals surface area contributed by atoms with Crippen LogP contribution < -0.4 is 16.2 Å². The van der Waals surface area contributed by atoms with Gasteiger partial charge in [0, 0.05) is 38.0 Å². The molecule has 0 radical (unpaired) electrons. The SMILES string of the molecule is Cn1c(N2CCC3(CC2)Cc2ccccc2[C@H]3N)ncc(C#CC2CC2C(O)C(F)(F)F)c1=O. The van der Waals surface area contributed by atoms with E-state index >= 15 is 0 Å². The van der Waals surface area contributed by atoms with Crippen LogP contribution in [0.3, 0.4) is 0 Å². The smallest absolute Gasteiger partial charge is 0.383 e. The Bertz CT molecular complexity index is 1220. The van der Waals surface area contributed by atoms with E-state index in [0.717, 1.165) is 32.4 Å². The quantitative estimate of drug-likeness (QED) is 0.657. The maximum absolute atomic E-state index is 12.8. The van der Waals surface area contributed by atoms with E-state index in [2.05, 4.69) is 33.9 Å². The van der Waals surface area contributed by atoms with E-state index in [1.165, 1.54) is 21.9 Å². The van der Waals surface area contributed by atoms with Crippen LogP contribution in [0.5, 0.6) is 0 Å². The van der Waals surface area contributed by atoms with Gasteiger partial charge in [-0.05, 0) is 42.2 Å². The van der Waals surface area contributed by atoms with Crippen LogP contribution in [0.15, 0.2) is 35.3 Å². The summed E-state index contributed by atoms with van der Waals surface area (Å²) >= 11 is 0. The lowest BCUT2D eigenvalue weighted by molar-refractivity contribution is -0.210. The Labute approximate surface area is 195 Å². The molecule has 180 valence electrons. The summed E-state index contributed by atoms with van der Waals surface area (Å²) in [6, 6.07) is 8.33. The van der Waals surface area contributed by atoms with Crippen LogP contribution in [-0.4, -0.2) is 40.0 Å². The summed E-state index contributed by atoms with van der Waals surface area (Å²) in [4.78, 5) is 19.4. The molecule has 3 aliphatic rings. The molecule has 2 aromatic rings. The van der Waals surface area contributed by atoms with Crippen LogP contribution in [0.25, 0.3) is 0 Å². The van der Waals surface area contributed by atoms with E-state index in [0.29, 0.717) is 5.95 Å². The predicted molar refractivity (Wildman–Crippen MR) is 121 cm³/mol. The molecule has 34 heavy (non-hydrogen) atoms. The normalized spacial score (nSPS) is 26.1. The molecule has 5 rings (SSSR count). The molecular weight excluding hydrogens is 445 g/mol. The standard InChI is InChI=1S/C25H27F3N4O2/c1-31-22(34)17(7-6-15-12-19(15)21(33)25(26,27)28)14-30-23(31)32-10-8-24(9-11-32)13-16-4-2-3-5-18(16)20(24)29/h2-5,14-15,19-21,33H,8-13,29H2,1H3/t15?,19?,20-,21?/m1/s1. The fraction of sp³-hybridized carbons (Fsp3) is 0.520. The average Bonchev–Trinajstić information content (AvgIpc) is 3.53. The molecule has 1 spiro atoms. The second-order valence-electron chi connectivity index (χ2n) is 9.80. The van der Waals surface area contributed by atoms with Crippen LogP contribution in [0.4, 0.5) is 19.1 Å². The van der Waals surface area contributed by atoms with Crippen molar-refractivity contribution in [3.05, 3.63) is 57.5 Å². The molecule has 0 bridgehead atoms. The number of hydrogen-bond acceptors (Lipinski definition) is 5. The summed E-state index contributed by atoms with van der Waals surface area (Å²) in [6.07, 6.45) is -2.72. The highest BCUT2D eigenvalue weighted by molar-refractivity contribution is 5.42. The predicted octanol–water partition coefficient (Wildman–Crippen LogP) is 2.53. The number of piperidine rings is 1. The van der Waals surface area contributed by atoms with Crippen LogP contribution >= 0.6 is 0 Å². The molecule has 1 saturated heterocycles. The van der Waals surface area contributed by atoms with Gasteiger partial charge in [0.15, 0.2) is 6.10 Å². The van der Waals surface area contributed by atoms with Gasteiger partial charge >= 0.3 is 6.18 Å². The molecule has 1 aliphatic heterocycles. The van der Waals surface area contributed by atoms with Crippen LogP contribution in [0, 0.1) is 29.1 Å². The number of anilines is 1. The lowest BCUT2D eigenvalue weighted by Gasteiger charge is -2.42. The van der Waals surface area contributed by atoms with Gasteiger partial charge < -0.3 is 15.7 Å². The van der Waals surface area contributed by atoms with Gasteiger partial charge in [0.25, 0.3) is 5.56 Å². The minimum atomic E-state index is -4.65. The van der Waals surface area contributed by atoms with E-state index in [4.69, 9.17) is 5.73 Å². The van der Waals surface area contributed by atoms with Gasteiger partial charge in [0.1, 0.15) is 5.56 Å². The molecule has 6 nitrogen and oxygen atoms in total. The number of nitrogens with two attached hydrogens (primary N) is 1. The first-order chi connectivity index (χ1) is 16.1. The number of rotatable bonds is 2. The zero-order valence-corrected chi connectivity index (χ0v) is 18.8. The topological polar surface area (TPSA) is 84.4 Å². The van der Waals surface area contributed by atoms with Gasteiger partial charge in [-0.3, -0.25) is 9.36 Å². The molecule has 9 heteroatoms. The number of aliphatic hydroxyl groups is 1. The maximum atomic E-state index is 12.8. The molecule has 3 unspecified atom stereocenters. The number of alkyl halides is 3. The summed E-state index contributed by atoms with van der Waals surface area (Å²) in [5, 5.41) is 9.33. The first-order valence-corrected chi connectivity index (χ1v) is 11.5. The van der Waals surface area contributed by atoms with Crippen molar-refractivity contribution >= 4 is 5.95 Å². The summed E-state index contributed by atoms with van der Waals surface area (Å²) in [6.45, 7) is 1.46. The molecule has 1 aromatic heterocycles. The third kappa shape index (κ3) is 3.89. The number of hydrogen-bond donors (Lipinski definition) is 2. The first kappa shape index (κ1) is 22.9. The van der Waals surface area contributed by atoms with E-state index < -0.39 is 24.1 Å². The third-order valence-corrected chi connectivity index (χ3v) is 7.75. The molecular formula is C25H27F3N4O2. The Morgan fingerprint density at radius 2 is 1.97 bits per heavy atom. The number of nitrogens with zero attached hydrogens (tertiary/aromatic N) is 3. The number of aliphatic hydroxyl groups excluding tert-OH is 1. The van der Waals surface area contributed by atoms with E-state index in [1.807, 2.05) is 12.1 Å². The van der Waals surface area contributed by atoms with Crippen molar-refractivity contribution < 1.29 is 18.3 Å². The number of benzene rings is 1. The molecule has 1 saturated carbocycles. The van der Waals surface area contributed by atoms with Crippen molar-refractivity contribution in [1.29, 1.82) is 0 Å². The highest BCUT2D eigenvalue weighted by Crippen LogP contribution is 2.51. The Kier molecular flexibility index (Phi) is 5.49. The van der Waals surface area contributed by atoms with E-state index in [1.54, 1.807) is 7.05 Å². The molecule has 4 atom stereocenters. The molecule has 2 fully saturated rings. The molecule has 3 N–H and O–H groups in total. The van der Waals surface area contributed by atoms with Gasteiger partial charge in [-0.15, -0.1) is 0 Å². The van der Waals surface area contributed by atoms with E-state index in [9.17, 15) is 23.1 Å². The van der Waals surface area contributed by atoms with Crippen molar-refractivity contribution in [2.24, 2.45) is 30.0 Å². The lowest BCUT2D eigenvalue weighted by atomic mass is 9.73. The fourth-order valence-electron chi connectivity index (χ4n) is 5.52. The highest BCUT2D eigenvalue weighted by atomic mass is 19.4. The van der Waals surface area contributed by atoms with E-state index in [-0.39, 0.29) is 29.0 Å². The number of fused-ring (bicyclic) bond motifs is 1. The van der Waals surface area contributed by atoms with Gasteiger partial charge in [-0.1, -0.05) is 36.1 Å². The van der Waals surface area contributed by atoms with Gasteiger partial charge in [0.2, 0.25) is 5.95 Å². The highest BCUT2D eigenvalue weighted by Gasteiger charge is 2.53. The molecule has 2 heterocycles. The zero-order chi connectivity index (χ0) is 24.3. The fourth-order valence-corrected chi connectivity index (χ4v) is 5.52. The van der Waals surface area contributed by atoms with Crippen molar-refractivity contribution in [2.45, 2.75) is 44.0 Å². The third-order valence-electron chi connectivity index (χ3n) is 7.75. The van der Waals surface area contributed by atoms with Crippen molar-refractivity contribution in [1.82, 2.24) is 9.55 Å².